The lowest BCUT2D eigenvalue weighted by atomic mass is 9.49. The predicted molar refractivity (Wildman–Crippen MR) is 97.2 cm³/mol. The summed E-state index contributed by atoms with van der Waals surface area (Å²) in [7, 11) is 0. The molecule has 1 amide bonds. The maximum Gasteiger partial charge on any atom is 0.223 e. The number of hydrogen-bond donors (Lipinski definition) is 0. The molecule has 6 rings (SSSR count). The largest absolute Gasteiger partial charge is 0.379 e. The molecular formula is C21H34N2O2. The smallest absolute Gasteiger partial charge is 0.223 e. The molecule has 0 aromatic heterocycles. The van der Waals surface area contributed by atoms with Gasteiger partial charge in [-0.05, 0) is 74.5 Å². The second-order valence-corrected chi connectivity index (χ2v) is 9.89. The van der Waals surface area contributed by atoms with Gasteiger partial charge in [-0.25, -0.2) is 0 Å². The Morgan fingerprint density at radius 3 is 2.24 bits per heavy atom. The highest BCUT2D eigenvalue weighted by Crippen LogP contribution is 2.61. The minimum absolute atomic E-state index is 0.387. The Labute approximate surface area is 152 Å². The summed E-state index contributed by atoms with van der Waals surface area (Å²) in [5.74, 6) is 3.32. The molecule has 0 aromatic carbocycles. The number of amides is 1. The summed E-state index contributed by atoms with van der Waals surface area (Å²) in [5, 5.41) is 0. The molecule has 0 unspecified atom stereocenters. The van der Waals surface area contributed by atoms with Gasteiger partial charge in [-0.2, -0.15) is 0 Å². The molecule has 2 aliphatic heterocycles. The number of carbonyl (C=O) groups excluding carboxylic acids is 1. The van der Waals surface area contributed by atoms with Crippen LogP contribution >= 0.6 is 0 Å². The first-order valence-corrected chi connectivity index (χ1v) is 10.8. The van der Waals surface area contributed by atoms with E-state index in [1.165, 1.54) is 51.4 Å². The van der Waals surface area contributed by atoms with Gasteiger partial charge in [-0.3, -0.25) is 9.69 Å². The van der Waals surface area contributed by atoms with E-state index < -0.39 is 0 Å². The van der Waals surface area contributed by atoms with Crippen LogP contribution in [0.5, 0.6) is 0 Å². The van der Waals surface area contributed by atoms with E-state index in [-0.39, 0.29) is 0 Å². The number of carbonyl (C=O) groups is 1. The van der Waals surface area contributed by atoms with Gasteiger partial charge < -0.3 is 9.64 Å². The first-order chi connectivity index (χ1) is 12.2. The van der Waals surface area contributed by atoms with Gasteiger partial charge in [0, 0.05) is 38.6 Å². The summed E-state index contributed by atoms with van der Waals surface area (Å²) < 4.78 is 5.48. The predicted octanol–water partition coefficient (Wildman–Crippen LogP) is 2.92. The van der Waals surface area contributed by atoms with Crippen LogP contribution in [-0.2, 0) is 9.53 Å². The van der Waals surface area contributed by atoms with Crippen molar-refractivity contribution in [3.05, 3.63) is 0 Å². The van der Waals surface area contributed by atoms with Crippen LogP contribution in [0, 0.1) is 23.2 Å². The first-order valence-electron chi connectivity index (χ1n) is 10.8. The topological polar surface area (TPSA) is 32.8 Å². The lowest BCUT2D eigenvalue weighted by Gasteiger charge is -2.57. The van der Waals surface area contributed by atoms with Crippen molar-refractivity contribution in [2.45, 2.75) is 63.8 Å². The van der Waals surface area contributed by atoms with Gasteiger partial charge in [0.25, 0.3) is 0 Å². The van der Waals surface area contributed by atoms with E-state index in [4.69, 9.17) is 4.74 Å². The van der Waals surface area contributed by atoms with E-state index in [9.17, 15) is 4.79 Å². The van der Waals surface area contributed by atoms with Crippen LogP contribution in [0.4, 0.5) is 0 Å². The molecule has 4 aliphatic carbocycles. The average Bonchev–Trinajstić information content (AvgIpc) is 3.02. The molecule has 0 N–H and O–H groups in total. The molecule has 4 nitrogen and oxygen atoms in total. The van der Waals surface area contributed by atoms with Gasteiger partial charge in [0.2, 0.25) is 5.91 Å². The Bertz CT molecular complexity index is 479. The van der Waals surface area contributed by atoms with Crippen LogP contribution < -0.4 is 0 Å². The molecule has 6 aliphatic rings. The average molecular weight is 347 g/mol. The SMILES string of the molecule is O=C(CC12CC3CC(CC(C3)C1)C2)N1CCC[C@@H]1CN1CCOCC1. The highest BCUT2D eigenvalue weighted by molar-refractivity contribution is 5.77. The molecule has 4 bridgehead atoms. The monoisotopic (exact) mass is 346 g/mol. The quantitative estimate of drug-likeness (QED) is 0.785. The molecule has 1 atom stereocenters. The lowest BCUT2D eigenvalue weighted by molar-refractivity contribution is -0.140. The Balaban J connectivity index is 1.23. The summed E-state index contributed by atoms with van der Waals surface area (Å²) >= 11 is 0. The molecule has 2 saturated heterocycles. The van der Waals surface area contributed by atoms with Crippen LogP contribution in [0.15, 0.2) is 0 Å². The number of rotatable bonds is 4. The fraction of sp³-hybridized carbons (Fsp3) is 0.952. The molecule has 4 saturated carbocycles. The standard InChI is InChI=1S/C21H34N2O2/c24-20(14-21-11-16-8-17(12-21)10-18(9-16)13-21)23-3-1-2-19(23)15-22-4-6-25-7-5-22/h16-19H,1-15H2/t16?,17?,18?,19-,21?/m1/s1. The molecule has 6 fully saturated rings. The zero-order valence-electron chi connectivity index (χ0n) is 15.6. The van der Waals surface area contributed by atoms with E-state index in [0.717, 1.165) is 63.6 Å². The van der Waals surface area contributed by atoms with Crippen molar-refractivity contribution in [2.24, 2.45) is 23.2 Å². The third kappa shape index (κ3) is 3.25. The lowest BCUT2D eigenvalue weighted by Crippen LogP contribution is -2.50. The maximum absolute atomic E-state index is 13.3. The number of nitrogens with zero attached hydrogens (tertiary/aromatic N) is 2. The van der Waals surface area contributed by atoms with Crippen LogP contribution in [-0.4, -0.2) is 61.1 Å². The normalized spacial score (nSPS) is 43.8. The van der Waals surface area contributed by atoms with Crippen molar-refractivity contribution < 1.29 is 9.53 Å². The highest BCUT2D eigenvalue weighted by atomic mass is 16.5. The van der Waals surface area contributed by atoms with Crippen molar-refractivity contribution in [3.8, 4) is 0 Å². The van der Waals surface area contributed by atoms with Crippen molar-refractivity contribution in [2.75, 3.05) is 39.4 Å². The Morgan fingerprint density at radius 1 is 0.960 bits per heavy atom. The third-order valence-electron chi connectivity index (χ3n) is 7.96. The van der Waals surface area contributed by atoms with Crippen molar-refractivity contribution in [3.63, 3.8) is 0 Å². The Morgan fingerprint density at radius 2 is 1.60 bits per heavy atom. The highest BCUT2D eigenvalue weighted by Gasteiger charge is 2.52. The van der Waals surface area contributed by atoms with E-state index in [1.54, 1.807) is 0 Å². The summed E-state index contributed by atoms with van der Waals surface area (Å²) in [4.78, 5) is 18.0. The van der Waals surface area contributed by atoms with Crippen LogP contribution in [0.25, 0.3) is 0 Å². The summed E-state index contributed by atoms with van der Waals surface area (Å²) in [6.45, 7) is 5.85. The molecule has 0 radical (unpaired) electrons. The molecule has 25 heavy (non-hydrogen) atoms. The summed E-state index contributed by atoms with van der Waals surface area (Å²) in [6, 6.07) is 0.458. The Kier molecular flexibility index (Phi) is 4.32. The van der Waals surface area contributed by atoms with Gasteiger partial charge in [0.05, 0.1) is 13.2 Å². The zero-order valence-corrected chi connectivity index (χ0v) is 15.6. The fourth-order valence-corrected chi connectivity index (χ4v) is 7.36. The van der Waals surface area contributed by atoms with Crippen molar-refractivity contribution >= 4 is 5.91 Å². The van der Waals surface area contributed by atoms with Crippen molar-refractivity contribution in [1.82, 2.24) is 9.80 Å². The van der Waals surface area contributed by atoms with Gasteiger partial charge in [0.1, 0.15) is 0 Å². The van der Waals surface area contributed by atoms with Crippen LogP contribution in [0.3, 0.4) is 0 Å². The molecule has 4 heteroatoms. The minimum Gasteiger partial charge on any atom is -0.379 e. The zero-order chi connectivity index (χ0) is 16.9. The number of morpholine rings is 1. The maximum atomic E-state index is 13.3. The summed E-state index contributed by atoms with van der Waals surface area (Å²) in [6.07, 6.45) is 11.7. The van der Waals surface area contributed by atoms with Gasteiger partial charge in [-0.15, -0.1) is 0 Å². The number of hydrogen-bond acceptors (Lipinski definition) is 3. The number of ether oxygens (including phenoxy) is 1. The number of likely N-dealkylation sites (tertiary alicyclic amines) is 1. The molecule has 2 heterocycles. The fourth-order valence-electron chi connectivity index (χ4n) is 7.36. The van der Waals surface area contributed by atoms with Crippen LogP contribution in [0.2, 0.25) is 0 Å². The van der Waals surface area contributed by atoms with Gasteiger partial charge >= 0.3 is 0 Å². The first kappa shape index (κ1) is 16.6. The molecule has 0 aromatic rings. The van der Waals surface area contributed by atoms with Gasteiger partial charge in [0.15, 0.2) is 0 Å². The minimum atomic E-state index is 0.387. The van der Waals surface area contributed by atoms with E-state index in [0.29, 0.717) is 17.4 Å². The third-order valence-corrected chi connectivity index (χ3v) is 7.96. The van der Waals surface area contributed by atoms with E-state index in [1.807, 2.05) is 0 Å². The van der Waals surface area contributed by atoms with E-state index >= 15 is 0 Å². The van der Waals surface area contributed by atoms with E-state index in [2.05, 4.69) is 9.80 Å². The van der Waals surface area contributed by atoms with Gasteiger partial charge in [-0.1, -0.05) is 0 Å². The summed E-state index contributed by atoms with van der Waals surface area (Å²) in [5.41, 5.74) is 0.387. The second-order valence-electron chi connectivity index (χ2n) is 9.89. The van der Waals surface area contributed by atoms with Crippen molar-refractivity contribution in [1.29, 1.82) is 0 Å². The second kappa shape index (κ2) is 6.53. The molecule has 140 valence electrons. The molecule has 0 spiro atoms. The van der Waals surface area contributed by atoms with Crippen LogP contribution in [0.1, 0.15) is 57.8 Å². The molecular weight excluding hydrogens is 312 g/mol. The Hall–Kier alpha value is -0.610.